The zero-order valence-corrected chi connectivity index (χ0v) is 19.9. The van der Waals surface area contributed by atoms with Crippen molar-refractivity contribution >= 4 is 33.5 Å². The number of carbonyl (C=O) groups is 1. The Labute approximate surface area is 195 Å². The van der Waals surface area contributed by atoms with Gasteiger partial charge in [-0.3, -0.25) is 4.79 Å². The van der Waals surface area contributed by atoms with Gasteiger partial charge in [0.15, 0.2) is 5.60 Å². The summed E-state index contributed by atoms with van der Waals surface area (Å²) in [5.74, 6) is -0.181. The molecule has 4 rings (SSSR count). The first-order chi connectivity index (χ1) is 14.9. The van der Waals surface area contributed by atoms with Crippen LogP contribution in [0.3, 0.4) is 0 Å². The van der Waals surface area contributed by atoms with Crippen LogP contribution in [0.2, 0.25) is 5.02 Å². The maximum atomic E-state index is 14.3. The van der Waals surface area contributed by atoms with Crippen LogP contribution in [0.1, 0.15) is 49.7 Å². The van der Waals surface area contributed by atoms with Gasteiger partial charge in [-0.2, -0.15) is 0 Å². The fourth-order valence-corrected chi connectivity index (χ4v) is 5.79. The van der Waals surface area contributed by atoms with E-state index in [-0.39, 0.29) is 28.9 Å². The van der Waals surface area contributed by atoms with Crippen molar-refractivity contribution in [2.75, 3.05) is 13.7 Å². The highest BCUT2D eigenvalue weighted by molar-refractivity contribution is 9.10. The molecule has 1 N–H and O–H groups in total. The third kappa shape index (κ3) is 4.10. The molecule has 1 fully saturated rings. The van der Waals surface area contributed by atoms with Crippen molar-refractivity contribution in [3.05, 3.63) is 62.8 Å². The number of fused-ring (bicyclic) bond motifs is 1. The molecule has 0 amide bonds. The Morgan fingerprint density at radius 1 is 1.29 bits per heavy atom. The highest BCUT2D eigenvalue weighted by Crippen LogP contribution is 2.54. The average molecular weight is 511 g/mol. The zero-order valence-electron chi connectivity index (χ0n) is 17.6. The van der Waals surface area contributed by atoms with E-state index in [9.17, 15) is 9.18 Å². The molecule has 2 aliphatic rings. The van der Waals surface area contributed by atoms with Crippen molar-refractivity contribution < 1.29 is 18.7 Å². The standard InChI is InChI=1S/C24H26BrClFNO3/c1-14-20-19(12-18(27)22(26)21(20)25)31-24(14,16-6-4-3-5-7-16)13-28-17-10-8-15(9-11-17)23(29)30-2/h3-7,12,14-15,17,28H,8-11,13H2,1-2H3/t14-,15?,17?,24-/m0/s1. The zero-order chi connectivity index (χ0) is 22.2. The fourth-order valence-electron chi connectivity index (χ4n) is 4.91. The average Bonchev–Trinajstić information content (AvgIpc) is 3.08. The van der Waals surface area contributed by atoms with Crippen molar-refractivity contribution in [3.8, 4) is 5.75 Å². The van der Waals surface area contributed by atoms with Gasteiger partial charge in [-0.25, -0.2) is 4.39 Å². The summed E-state index contributed by atoms with van der Waals surface area (Å²) in [7, 11) is 1.44. The predicted molar refractivity (Wildman–Crippen MR) is 122 cm³/mol. The molecule has 4 nitrogen and oxygen atoms in total. The van der Waals surface area contributed by atoms with Gasteiger partial charge in [0.1, 0.15) is 11.6 Å². The molecule has 1 aliphatic carbocycles. The molecule has 0 unspecified atom stereocenters. The smallest absolute Gasteiger partial charge is 0.308 e. The van der Waals surface area contributed by atoms with Crippen LogP contribution in [-0.2, 0) is 15.1 Å². The lowest BCUT2D eigenvalue weighted by Crippen LogP contribution is -2.48. The van der Waals surface area contributed by atoms with Gasteiger partial charge in [-0.05, 0) is 47.2 Å². The second-order valence-corrected chi connectivity index (χ2v) is 9.60. The molecular formula is C24H26BrClFNO3. The molecule has 1 saturated carbocycles. The van der Waals surface area contributed by atoms with Gasteiger partial charge in [0.05, 0.1) is 18.1 Å². The highest BCUT2D eigenvalue weighted by Gasteiger charge is 2.49. The molecule has 2 aromatic carbocycles. The number of benzene rings is 2. The lowest BCUT2D eigenvalue weighted by atomic mass is 9.79. The second-order valence-electron chi connectivity index (χ2n) is 8.43. The van der Waals surface area contributed by atoms with E-state index in [1.54, 1.807) is 0 Å². The maximum Gasteiger partial charge on any atom is 0.308 e. The van der Waals surface area contributed by atoms with Crippen molar-refractivity contribution in [1.29, 1.82) is 0 Å². The molecule has 31 heavy (non-hydrogen) atoms. The fraction of sp³-hybridized carbons (Fsp3) is 0.458. The van der Waals surface area contributed by atoms with Crippen LogP contribution in [0.5, 0.6) is 5.75 Å². The molecule has 0 bridgehead atoms. The monoisotopic (exact) mass is 509 g/mol. The van der Waals surface area contributed by atoms with Crippen LogP contribution in [0.15, 0.2) is 40.9 Å². The molecule has 1 aliphatic heterocycles. The summed E-state index contributed by atoms with van der Waals surface area (Å²) in [6, 6.07) is 11.7. The number of hydrogen-bond donors (Lipinski definition) is 1. The van der Waals surface area contributed by atoms with Crippen molar-refractivity contribution in [3.63, 3.8) is 0 Å². The molecule has 2 aromatic rings. The summed E-state index contributed by atoms with van der Waals surface area (Å²) in [5.41, 5.74) is 1.21. The van der Waals surface area contributed by atoms with Gasteiger partial charge in [0.25, 0.3) is 0 Å². The SMILES string of the molecule is COC(=O)C1CCC(NC[C@]2(c3ccccc3)Oc3cc(F)c(Cl)c(Br)c3[C@@H]2C)CC1. The third-order valence-electron chi connectivity index (χ3n) is 6.76. The van der Waals surface area contributed by atoms with Gasteiger partial charge in [0.2, 0.25) is 0 Å². The highest BCUT2D eigenvalue weighted by atomic mass is 79.9. The van der Waals surface area contributed by atoms with Crippen molar-refractivity contribution in [2.45, 2.75) is 50.2 Å². The molecule has 7 heteroatoms. The Kier molecular flexibility index (Phi) is 6.61. The van der Waals surface area contributed by atoms with Crippen molar-refractivity contribution in [2.24, 2.45) is 5.92 Å². The van der Waals surface area contributed by atoms with Gasteiger partial charge in [-0.1, -0.05) is 48.9 Å². The van der Waals surface area contributed by atoms with Gasteiger partial charge in [0, 0.05) is 34.6 Å². The molecular weight excluding hydrogens is 485 g/mol. The largest absolute Gasteiger partial charge is 0.480 e. The number of hydrogen-bond acceptors (Lipinski definition) is 4. The number of carbonyl (C=O) groups excluding carboxylic acids is 1. The first kappa shape index (κ1) is 22.6. The molecule has 0 saturated heterocycles. The van der Waals surface area contributed by atoms with E-state index in [1.165, 1.54) is 13.2 Å². The Morgan fingerprint density at radius 2 is 1.97 bits per heavy atom. The number of nitrogens with one attached hydrogen (secondary N) is 1. The normalized spacial score (nSPS) is 27.5. The first-order valence-electron chi connectivity index (χ1n) is 10.6. The Balaban J connectivity index is 1.59. The number of rotatable bonds is 5. The van der Waals surface area contributed by atoms with E-state index in [2.05, 4.69) is 28.2 Å². The van der Waals surface area contributed by atoms with E-state index in [1.807, 2.05) is 30.3 Å². The summed E-state index contributed by atoms with van der Waals surface area (Å²) in [5, 5.41) is 3.75. The van der Waals surface area contributed by atoms with Crippen LogP contribution in [-0.4, -0.2) is 25.7 Å². The minimum atomic E-state index is -0.692. The Hall–Kier alpha value is -1.63. The summed E-state index contributed by atoms with van der Waals surface area (Å²) in [6.07, 6.45) is 3.42. The minimum Gasteiger partial charge on any atom is -0.480 e. The van der Waals surface area contributed by atoms with Gasteiger partial charge < -0.3 is 14.8 Å². The molecule has 166 valence electrons. The maximum absolute atomic E-state index is 14.3. The van der Waals surface area contributed by atoms with E-state index in [0.717, 1.165) is 36.8 Å². The summed E-state index contributed by atoms with van der Waals surface area (Å²) >= 11 is 9.67. The van der Waals surface area contributed by atoms with E-state index in [0.29, 0.717) is 16.8 Å². The third-order valence-corrected chi connectivity index (χ3v) is 8.19. The number of halogens is 3. The second kappa shape index (κ2) is 9.08. The molecule has 0 spiro atoms. The predicted octanol–water partition coefficient (Wildman–Crippen LogP) is 5.95. The van der Waals surface area contributed by atoms with Crippen LogP contribution in [0.4, 0.5) is 4.39 Å². The minimum absolute atomic E-state index is 0.0156. The lowest BCUT2D eigenvalue weighted by molar-refractivity contribution is -0.146. The number of methoxy groups -OCH3 is 1. The topological polar surface area (TPSA) is 47.6 Å². The number of esters is 1. The van der Waals surface area contributed by atoms with Crippen LogP contribution >= 0.6 is 27.5 Å². The molecule has 0 aromatic heterocycles. The van der Waals surface area contributed by atoms with E-state index < -0.39 is 11.4 Å². The lowest BCUT2D eigenvalue weighted by Gasteiger charge is -2.37. The summed E-state index contributed by atoms with van der Waals surface area (Å²) < 4.78 is 26.3. The van der Waals surface area contributed by atoms with Crippen LogP contribution < -0.4 is 10.1 Å². The van der Waals surface area contributed by atoms with Gasteiger partial charge >= 0.3 is 5.97 Å². The van der Waals surface area contributed by atoms with E-state index in [4.69, 9.17) is 21.1 Å². The quantitative estimate of drug-likeness (QED) is 0.399. The summed E-state index contributed by atoms with van der Waals surface area (Å²) in [4.78, 5) is 11.8. The van der Waals surface area contributed by atoms with Crippen molar-refractivity contribution in [1.82, 2.24) is 5.32 Å². The molecule has 0 radical (unpaired) electrons. The Bertz CT molecular complexity index is 965. The Morgan fingerprint density at radius 3 is 2.61 bits per heavy atom. The van der Waals surface area contributed by atoms with E-state index >= 15 is 0 Å². The van der Waals surface area contributed by atoms with Gasteiger partial charge in [-0.15, -0.1) is 0 Å². The van der Waals surface area contributed by atoms with Crippen LogP contribution in [0.25, 0.3) is 0 Å². The molecule has 2 atom stereocenters. The number of ether oxygens (including phenoxy) is 2. The first-order valence-corrected chi connectivity index (χ1v) is 11.8. The van der Waals surface area contributed by atoms with Crippen LogP contribution in [0, 0.1) is 11.7 Å². The summed E-state index contributed by atoms with van der Waals surface area (Å²) in [6.45, 7) is 2.65. The molecule has 1 heterocycles.